The van der Waals surface area contributed by atoms with Crippen molar-refractivity contribution in [3.05, 3.63) is 150 Å². The Balaban J connectivity index is 0.000000198. The first-order valence-corrected chi connectivity index (χ1v) is 36.3. The molecule has 0 bridgehead atoms. The number of aliphatic hydroxyl groups is 1. The number of aromatic nitrogens is 14. The van der Waals surface area contributed by atoms with Gasteiger partial charge in [0.2, 0.25) is 5.91 Å². The number of alkyl halides is 2. The summed E-state index contributed by atoms with van der Waals surface area (Å²) in [7, 11) is 3.70. The SMILES string of the molecule is Cc1cc(Nc2cc(N3CC(F)(C4CC4)C3)nc(Sc3ccc(NC(=O)CN(C)C)cc3)n2)n[nH]1.Cc1ccc2cc(Sc3nc(Nc4cc(C)[nH]n4)cc(N4CC(F)(C5CC5)C4)n3)ccc2n1.Cc1ccc2cc(Sc3nc(Nc4cc(C)[nH]n4)cc(N4CC(O)(C5CC5)C4)n3)ccc2n1.[HH].[HH].[HH].[HH].[HH].[HH].[HH]. The molecule has 29 heteroatoms. The lowest BCUT2D eigenvalue weighted by Gasteiger charge is -2.47. The molecule has 3 aliphatic heterocycles. The second-order valence-corrected chi connectivity index (χ2v) is 30.8. The number of nitrogens with zero attached hydrogens (tertiary/aromatic N) is 15. The Morgan fingerprint density at radius 1 is 0.485 bits per heavy atom. The zero-order chi connectivity index (χ0) is 69.7. The number of H-pyrrole nitrogens is 3. The molecule has 8 aromatic heterocycles. The van der Waals surface area contributed by atoms with Crippen molar-refractivity contribution in [1.82, 2.24) is 75.4 Å². The van der Waals surface area contributed by atoms with Gasteiger partial charge in [0.25, 0.3) is 0 Å². The van der Waals surface area contributed by atoms with Crippen LogP contribution in [0.3, 0.4) is 0 Å². The average Bonchev–Trinajstić information content (AvgIpc) is 1.55. The number of hydrogen-bond acceptors (Lipinski definition) is 23. The topological polar surface area (TPSA) is 288 Å². The quantitative estimate of drug-likeness (QED) is 0.0310. The number of pyridine rings is 2. The predicted octanol–water partition coefficient (Wildman–Crippen LogP) is 15.0. The largest absolute Gasteiger partial charge is 0.386 e. The van der Waals surface area contributed by atoms with Crippen molar-refractivity contribution in [1.29, 1.82) is 0 Å². The van der Waals surface area contributed by atoms with E-state index in [1.807, 2.05) is 154 Å². The summed E-state index contributed by atoms with van der Waals surface area (Å²) in [6.07, 6.45) is 6.19. The van der Waals surface area contributed by atoms with Gasteiger partial charge in [-0.25, -0.2) is 38.7 Å². The van der Waals surface area contributed by atoms with Crippen molar-refractivity contribution in [2.24, 2.45) is 17.8 Å². The van der Waals surface area contributed by atoms with Gasteiger partial charge >= 0.3 is 0 Å². The minimum atomic E-state index is -1.10. The maximum atomic E-state index is 15.0. The Hall–Kier alpha value is -9.55. The van der Waals surface area contributed by atoms with Gasteiger partial charge in [-0.15, -0.1) is 0 Å². The minimum Gasteiger partial charge on any atom is -0.386 e. The van der Waals surface area contributed by atoms with E-state index in [1.54, 1.807) is 0 Å². The Kier molecular flexibility index (Phi) is 18.5. The lowest BCUT2D eigenvalue weighted by molar-refractivity contribution is -0.116. The highest BCUT2D eigenvalue weighted by Gasteiger charge is 2.56. The third-order valence-electron chi connectivity index (χ3n) is 18.5. The van der Waals surface area contributed by atoms with E-state index in [1.165, 1.54) is 35.3 Å². The number of hydrogen-bond donors (Lipinski definition) is 8. The molecule has 17 rings (SSSR count). The zero-order valence-electron chi connectivity index (χ0n) is 57.0. The number of β-amino-alcohol motifs (C(OH)–C–C–N with tert-alkyl or cyclic N) is 1. The molecule has 11 heterocycles. The summed E-state index contributed by atoms with van der Waals surface area (Å²) in [5, 5.41) is 48.9. The van der Waals surface area contributed by atoms with E-state index in [4.69, 9.17) is 24.9 Å². The predicted molar refractivity (Wildman–Crippen MR) is 407 cm³/mol. The van der Waals surface area contributed by atoms with Crippen LogP contribution in [0.15, 0.2) is 151 Å². The molecule has 1 amide bonds. The van der Waals surface area contributed by atoms with Gasteiger partial charge in [0, 0.05) is 106 Å². The zero-order valence-corrected chi connectivity index (χ0v) is 59.5. The van der Waals surface area contributed by atoms with E-state index >= 15 is 0 Å². The van der Waals surface area contributed by atoms with Gasteiger partial charge in [-0.3, -0.25) is 30.1 Å². The molecule has 6 aliphatic rings. The monoisotopic (exact) mass is 1430 g/mol. The average molecular weight is 1430 g/mol. The minimum absolute atomic E-state index is 0. The van der Waals surface area contributed by atoms with Crippen LogP contribution in [0.2, 0.25) is 0 Å². The van der Waals surface area contributed by atoms with E-state index in [9.17, 15) is 18.7 Å². The number of halogens is 2. The first kappa shape index (κ1) is 67.3. The van der Waals surface area contributed by atoms with Crippen molar-refractivity contribution in [2.75, 3.05) is 95.9 Å². The summed E-state index contributed by atoms with van der Waals surface area (Å²) < 4.78 is 29.9. The summed E-state index contributed by atoms with van der Waals surface area (Å²) in [6.45, 7) is 12.9. The van der Waals surface area contributed by atoms with Crippen LogP contribution in [0.5, 0.6) is 0 Å². The molecule has 3 saturated carbocycles. The van der Waals surface area contributed by atoms with Crippen LogP contribution in [0, 0.1) is 52.4 Å². The number of carbonyl (C=O) groups excluding carboxylic acids is 1. The molecule has 534 valence electrons. The summed E-state index contributed by atoms with van der Waals surface area (Å²) in [4.78, 5) is 60.4. The number of aryl methyl sites for hydroxylation is 5. The number of likely N-dealkylation sites (N-methyl/N-ethyl adjacent to an activating group) is 1. The molecular weight excluding hydrogens is 1340 g/mol. The van der Waals surface area contributed by atoms with Gasteiger partial charge in [0.1, 0.15) is 51.8 Å². The fraction of sp³-hybridized carbons (Fsp3) is 0.361. The van der Waals surface area contributed by atoms with Crippen LogP contribution < -0.4 is 36.0 Å². The van der Waals surface area contributed by atoms with Crippen molar-refractivity contribution in [2.45, 2.75) is 120 Å². The van der Waals surface area contributed by atoms with Crippen LogP contribution in [-0.2, 0) is 4.79 Å². The highest BCUT2D eigenvalue weighted by Crippen LogP contribution is 2.50. The van der Waals surface area contributed by atoms with Crippen LogP contribution in [0.4, 0.5) is 66.8 Å². The first-order valence-electron chi connectivity index (χ1n) is 33.9. The first-order chi connectivity index (χ1) is 48.6. The number of amides is 1. The van der Waals surface area contributed by atoms with Crippen LogP contribution in [0.1, 0.15) is 77.0 Å². The van der Waals surface area contributed by atoms with Crippen LogP contribution in [0.25, 0.3) is 21.8 Å². The summed E-state index contributed by atoms with van der Waals surface area (Å²) in [5.41, 5.74) is 4.78. The van der Waals surface area contributed by atoms with E-state index in [-0.39, 0.29) is 27.7 Å². The van der Waals surface area contributed by atoms with Gasteiger partial charge in [0.15, 0.2) is 32.9 Å². The van der Waals surface area contributed by atoms with Crippen molar-refractivity contribution in [3.8, 4) is 0 Å². The summed E-state index contributed by atoms with van der Waals surface area (Å²) in [5.74, 6) is 6.95. The number of carbonyl (C=O) groups is 1. The third kappa shape index (κ3) is 16.3. The molecule has 8 N–H and O–H groups in total. The Morgan fingerprint density at radius 2 is 0.861 bits per heavy atom. The number of rotatable bonds is 21. The summed E-state index contributed by atoms with van der Waals surface area (Å²) in [6, 6.07) is 39.4. The summed E-state index contributed by atoms with van der Waals surface area (Å²) >= 11 is 4.41. The van der Waals surface area contributed by atoms with E-state index in [0.29, 0.717) is 108 Å². The third-order valence-corrected chi connectivity index (χ3v) is 21.0. The standard InChI is InChI=1S/C24H29FN8OS.C24H24FN7S.C24H25N7OS.7H2/c1-15-10-20(31-30-15)27-19-11-21(33-13-24(25,14-33)16-4-5-16)29-23(28-19)35-18-8-6-17(7-9-18)26-22(34)12-32(2)3;1-14-3-4-16-10-18(7-8-19(16)26-14)33-23-28-20(27-21-9-15(2)30-31-21)11-22(29-23)32-12-24(25,13-32)17-5-6-17;1-14-3-4-16-10-18(7-8-19(16)25-14)33-23-27-20(26-21-9-15(2)29-30-21)11-22(28-23)31-12-24(32,13-31)17-5-6-17;;;;;;;/h6-11,16H,4-5,12-14H2,1-3H3,(H,26,34)(H2,27,28,29,30,31);3-4,7-11,17H,5-6,12-13H2,1-2H3,(H2,27,28,29,30,31);3-4,7-11,17,32H,5-6,12-13H2,1-2H3,(H2,26,27,28,29,30);7*1H. The number of benzene rings is 3. The van der Waals surface area contributed by atoms with Gasteiger partial charge in [-0.2, -0.15) is 15.3 Å². The molecule has 0 radical (unpaired) electrons. The van der Waals surface area contributed by atoms with Gasteiger partial charge in [-0.05, 0) is 213 Å². The highest BCUT2D eigenvalue weighted by molar-refractivity contribution is 7.99. The second-order valence-electron chi connectivity index (χ2n) is 27.7. The lowest BCUT2D eigenvalue weighted by Crippen LogP contribution is -2.63. The van der Waals surface area contributed by atoms with Crippen molar-refractivity contribution < 1.29 is 28.7 Å². The lowest BCUT2D eigenvalue weighted by atomic mass is 9.89. The maximum Gasteiger partial charge on any atom is 0.238 e. The molecular formula is C72H92F2N22O2S3. The van der Waals surface area contributed by atoms with Crippen molar-refractivity contribution >= 4 is 121 Å². The molecule has 3 aliphatic carbocycles. The maximum absolute atomic E-state index is 15.0. The highest BCUT2D eigenvalue weighted by atomic mass is 32.2. The normalized spacial score (nSPS) is 17.1. The number of fused-ring (bicyclic) bond motifs is 2. The molecule has 6 fully saturated rings. The van der Waals surface area contributed by atoms with E-state index in [2.05, 4.69) is 102 Å². The van der Waals surface area contributed by atoms with Crippen LogP contribution >= 0.6 is 35.3 Å². The van der Waals surface area contributed by atoms with Crippen LogP contribution in [-0.4, -0.2) is 163 Å². The number of anilines is 10. The molecule has 24 nitrogen and oxygen atoms in total. The van der Waals surface area contributed by atoms with E-state index in [0.717, 1.165) is 121 Å². The smallest absolute Gasteiger partial charge is 0.238 e. The number of nitrogens with one attached hydrogen (secondary N) is 7. The van der Waals surface area contributed by atoms with Gasteiger partial charge < -0.3 is 46.0 Å². The Morgan fingerprint density at radius 3 is 1.23 bits per heavy atom. The fourth-order valence-corrected chi connectivity index (χ4v) is 15.1. The molecule has 0 atom stereocenters. The van der Waals surface area contributed by atoms with Crippen molar-refractivity contribution in [3.63, 3.8) is 0 Å². The molecule has 11 aromatic rings. The molecule has 0 unspecified atom stereocenters. The molecule has 3 saturated heterocycles. The fourth-order valence-electron chi connectivity index (χ4n) is 12.7. The molecule has 0 spiro atoms. The van der Waals surface area contributed by atoms with Gasteiger partial charge in [-0.1, -0.05) is 12.1 Å². The number of aromatic amines is 3. The second kappa shape index (κ2) is 27.8. The molecule has 101 heavy (non-hydrogen) atoms. The van der Waals surface area contributed by atoms with Gasteiger partial charge in [0.05, 0.1) is 56.8 Å². The van der Waals surface area contributed by atoms with E-state index < -0.39 is 16.9 Å². The Bertz CT molecular complexity index is 4680. The Labute approximate surface area is 605 Å². The molecule has 3 aromatic carbocycles.